The van der Waals surface area contributed by atoms with E-state index in [-0.39, 0.29) is 18.0 Å². The Labute approximate surface area is 163 Å². The molecule has 0 amide bonds. The molecule has 2 heterocycles. The molecule has 1 aromatic rings. The summed E-state index contributed by atoms with van der Waals surface area (Å²) in [6.45, 7) is 4.11. The summed E-state index contributed by atoms with van der Waals surface area (Å²) < 4.78 is 56.2. The summed E-state index contributed by atoms with van der Waals surface area (Å²) in [5.41, 5.74) is 1.000. The fourth-order valence-electron chi connectivity index (χ4n) is 3.64. The van der Waals surface area contributed by atoms with E-state index in [1.165, 1.54) is 8.61 Å². The van der Waals surface area contributed by atoms with Crippen LogP contribution in [0.2, 0.25) is 0 Å². The van der Waals surface area contributed by atoms with Crippen LogP contribution in [-0.2, 0) is 20.2 Å². The average Bonchev–Trinajstić information content (AvgIpc) is 3.06. The number of aryl methyl sites for hydroxylation is 1. The van der Waals surface area contributed by atoms with Crippen molar-refractivity contribution in [1.29, 1.82) is 0 Å². The molecule has 0 saturated carbocycles. The van der Waals surface area contributed by atoms with Crippen LogP contribution in [0.25, 0.3) is 0 Å². The molecule has 0 N–H and O–H groups in total. The molecule has 9 heteroatoms. The van der Waals surface area contributed by atoms with Crippen molar-refractivity contribution in [2.24, 2.45) is 0 Å². The second-order valence-corrected chi connectivity index (χ2v) is 11.2. The smallest absolute Gasteiger partial charge is 0.207 e. The molecular weight excluding hydrogens is 386 g/mol. The monoisotopic (exact) mass is 415 g/mol. The van der Waals surface area contributed by atoms with Gasteiger partial charge in [0.2, 0.25) is 10.0 Å². The minimum Gasteiger partial charge on any atom is -0.207 e. The van der Waals surface area contributed by atoms with Gasteiger partial charge >= 0.3 is 0 Å². The summed E-state index contributed by atoms with van der Waals surface area (Å²) >= 11 is 0. The van der Waals surface area contributed by atoms with Gasteiger partial charge in [0.15, 0.2) is 0 Å². The molecule has 3 rings (SSSR count). The molecule has 2 fully saturated rings. The van der Waals surface area contributed by atoms with Crippen molar-refractivity contribution in [2.75, 3.05) is 39.3 Å². The fraction of sp³-hybridized carbons (Fsp3) is 0.667. The summed E-state index contributed by atoms with van der Waals surface area (Å²) in [5.74, 6) is 0. The molecular formula is C18H29N3O4S2. The van der Waals surface area contributed by atoms with Gasteiger partial charge in [0, 0.05) is 39.3 Å². The van der Waals surface area contributed by atoms with Gasteiger partial charge < -0.3 is 0 Å². The lowest BCUT2D eigenvalue weighted by molar-refractivity contribution is 0.344. The third-order valence-electron chi connectivity index (χ3n) is 5.29. The Morgan fingerprint density at radius 3 is 1.74 bits per heavy atom. The second kappa shape index (κ2) is 8.57. The highest BCUT2D eigenvalue weighted by Crippen LogP contribution is 2.21. The minimum atomic E-state index is -3.60. The molecule has 0 spiro atoms. The van der Waals surface area contributed by atoms with Crippen LogP contribution in [0, 0.1) is 6.92 Å². The van der Waals surface area contributed by atoms with Crippen LogP contribution < -0.4 is 0 Å². The first-order valence-electron chi connectivity index (χ1n) is 9.64. The van der Waals surface area contributed by atoms with Crippen molar-refractivity contribution in [2.45, 2.75) is 43.9 Å². The zero-order valence-corrected chi connectivity index (χ0v) is 17.5. The van der Waals surface area contributed by atoms with E-state index in [4.69, 9.17) is 0 Å². The first kappa shape index (κ1) is 20.7. The molecule has 0 atom stereocenters. The zero-order valence-electron chi connectivity index (χ0n) is 15.9. The van der Waals surface area contributed by atoms with Gasteiger partial charge in [0.1, 0.15) is 0 Å². The third-order valence-corrected chi connectivity index (χ3v) is 9.24. The molecule has 2 aliphatic heterocycles. The predicted molar refractivity (Wildman–Crippen MR) is 105 cm³/mol. The standard InChI is InChI=1S/C18H29N3O4S2/c1-17-7-9-18(10-8-17)26(22,23)19-13-6-14-21(16-15-19)27(24,25)20-11-4-2-3-5-12-20/h7-10H,2-6,11-16H2,1H3. The van der Waals surface area contributed by atoms with Gasteiger partial charge in [-0.3, -0.25) is 0 Å². The quantitative estimate of drug-likeness (QED) is 0.751. The Morgan fingerprint density at radius 1 is 0.630 bits per heavy atom. The minimum absolute atomic E-state index is 0.184. The van der Waals surface area contributed by atoms with Gasteiger partial charge in [-0.25, -0.2) is 8.42 Å². The van der Waals surface area contributed by atoms with E-state index in [1.807, 2.05) is 6.92 Å². The molecule has 7 nitrogen and oxygen atoms in total. The lowest BCUT2D eigenvalue weighted by Crippen LogP contribution is -2.46. The molecule has 2 aliphatic rings. The molecule has 152 valence electrons. The van der Waals surface area contributed by atoms with Crippen LogP contribution in [0.1, 0.15) is 37.7 Å². The van der Waals surface area contributed by atoms with Gasteiger partial charge in [0.05, 0.1) is 4.90 Å². The number of hydrogen-bond donors (Lipinski definition) is 0. The van der Waals surface area contributed by atoms with Gasteiger partial charge in [-0.2, -0.15) is 21.3 Å². The lowest BCUT2D eigenvalue weighted by atomic mass is 10.2. The Morgan fingerprint density at radius 2 is 1.11 bits per heavy atom. The first-order chi connectivity index (χ1) is 12.8. The van der Waals surface area contributed by atoms with E-state index in [0.29, 0.717) is 32.6 Å². The molecule has 1 aromatic carbocycles. The van der Waals surface area contributed by atoms with E-state index in [2.05, 4.69) is 0 Å². The summed E-state index contributed by atoms with van der Waals surface area (Å²) in [6, 6.07) is 6.78. The van der Waals surface area contributed by atoms with Gasteiger partial charge in [-0.1, -0.05) is 30.5 Å². The summed E-state index contributed by atoms with van der Waals surface area (Å²) in [6.07, 6.45) is 4.41. The molecule has 0 unspecified atom stereocenters. The van der Waals surface area contributed by atoms with Gasteiger partial charge in [0.25, 0.3) is 10.2 Å². The van der Waals surface area contributed by atoms with Crippen LogP contribution in [0.15, 0.2) is 29.2 Å². The highest BCUT2D eigenvalue weighted by atomic mass is 32.2. The van der Waals surface area contributed by atoms with E-state index in [1.54, 1.807) is 28.6 Å². The van der Waals surface area contributed by atoms with E-state index >= 15 is 0 Å². The SMILES string of the molecule is Cc1ccc(S(=O)(=O)N2CCCN(S(=O)(=O)N3CCCCCC3)CC2)cc1. The maximum Gasteiger partial charge on any atom is 0.282 e. The highest BCUT2D eigenvalue weighted by Gasteiger charge is 2.34. The molecule has 0 bridgehead atoms. The van der Waals surface area contributed by atoms with Crippen molar-refractivity contribution >= 4 is 20.2 Å². The number of sulfonamides is 1. The molecule has 2 saturated heterocycles. The Kier molecular flexibility index (Phi) is 6.58. The van der Waals surface area contributed by atoms with Crippen LogP contribution in [0.4, 0.5) is 0 Å². The first-order valence-corrected chi connectivity index (χ1v) is 12.5. The number of hydrogen-bond acceptors (Lipinski definition) is 4. The Bertz CT molecular complexity index is 830. The predicted octanol–water partition coefficient (Wildman–Crippen LogP) is 1.81. The van der Waals surface area contributed by atoms with Crippen LogP contribution in [0.3, 0.4) is 0 Å². The van der Waals surface area contributed by atoms with E-state index in [9.17, 15) is 16.8 Å². The molecule has 0 aromatic heterocycles. The summed E-state index contributed by atoms with van der Waals surface area (Å²) in [7, 11) is -7.13. The third kappa shape index (κ3) is 4.71. The van der Waals surface area contributed by atoms with Crippen molar-refractivity contribution < 1.29 is 16.8 Å². The average molecular weight is 416 g/mol. The summed E-state index contributed by atoms with van der Waals surface area (Å²) in [4.78, 5) is 0.261. The fourth-order valence-corrected chi connectivity index (χ4v) is 6.82. The topological polar surface area (TPSA) is 78.0 Å². The summed E-state index contributed by atoms with van der Waals surface area (Å²) in [5, 5.41) is 0. The van der Waals surface area contributed by atoms with Crippen molar-refractivity contribution in [3.05, 3.63) is 29.8 Å². The van der Waals surface area contributed by atoms with Crippen LogP contribution in [0.5, 0.6) is 0 Å². The van der Waals surface area contributed by atoms with Crippen LogP contribution in [-0.4, -0.2) is 69.0 Å². The van der Waals surface area contributed by atoms with Crippen molar-refractivity contribution in [3.8, 4) is 0 Å². The largest absolute Gasteiger partial charge is 0.282 e. The molecule has 27 heavy (non-hydrogen) atoms. The van der Waals surface area contributed by atoms with Crippen LogP contribution >= 0.6 is 0 Å². The normalized spacial score (nSPS) is 22.3. The van der Waals surface area contributed by atoms with Gasteiger partial charge in [-0.05, 0) is 38.3 Å². The maximum absolute atomic E-state index is 13.0. The van der Waals surface area contributed by atoms with Crippen molar-refractivity contribution in [3.63, 3.8) is 0 Å². The zero-order chi connectivity index (χ0) is 19.5. The Hall–Kier alpha value is -1.00. The second-order valence-electron chi connectivity index (χ2n) is 7.29. The number of rotatable bonds is 4. The highest BCUT2D eigenvalue weighted by molar-refractivity contribution is 7.89. The van der Waals surface area contributed by atoms with E-state index in [0.717, 1.165) is 31.2 Å². The molecule has 0 aliphatic carbocycles. The lowest BCUT2D eigenvalue weighted by Gasteiger charge is -2.28. The molecule has 0 radical (unpaired) electrons. The van der Waals surface area contributed by atoms with E-state index < -0.39 is 20.2 Å². The van der Waals surface area contributed by atoms with Gasteiger partial charge in [-0.15, -0.1) is 0 Å². The Balaban J connectivity index is 1.72. The number of nitrogens with zero attached hydrogens (tertiary/aromatic N) is 3. The maximum atomic E-state index is 13.0. The number of benzene rings is 1. The van der Waals surface area contributed by atoms with Crippen molar-refractivity contribution in [1.82, 2.24) is 12.9 Å².